The molecule has 7 heteroatoms. The normalized spacial score (nSPS) is 12.5. The maximum atomic E-state index is 12.7. The van der Waals surface area contributed by atoms with Crippen molar-refractivity contribution in [3.63, 3.8) is 0 Å². The van der Waals surface area contributed by atoms with Gasteiger partial charge >= 0.3 is 6.18 Å². The molecule has 0 fully saturated rings. The van der Waals surface area contributed by atoms with E-state index in [2.05, 4.69) is 5.32 Å². The van der Waals surface area contributed by atoms with Crippen LogP contribution in [0.25, 0.3) is 0 Å². The minimum Gasteiger partial charge on any atom is -0.495 e. The van der Waals surface area contributed by atoms with Crippen LogP contribution in [0.4, 0.5) is 18.9 Å². The van der Waals surface area contributed by atoms with Gasteiger partial charge < -0.3 is 10.1 Å². The lowest BCUT2D eigenvalue weighted by Crippen LogP contribution is -2.22. The Balaban J connectivity index is 2.07. The molecule has 0 heterocycles. The van der Waals surface area contributed by atoms with Crippen molar-refractivity contribution in [3.05, 3.63) is 54.1 Å². The van der Waals surface area contributed by atoms with E-state index in [0.717, 1.165) is 23.9 Å². The molecule has 0 saturated carbocycles. The van der Waals surface area contributed by atoms with Crippen molar-refractivity contribution in [2.45, 2.75) is 23.2 Å². The maximum Gasteiger partial charge on any atom is 0.416 e. The zero-order chi connectivity index (χ0) is 17.7. The number of carbonyl (C=O) groups is 1. The topological polar surface area (TPSA) is 38.3 Å². The lowest BCUT2D eigenvalue weighted by Gasteiger charge is -2.15. The van der Waals surface area contributed by atoms with Crippen LogP contribution in [0, 0.1) is 0 Å². The molecule has 0 bridgehead atoms. The van der Waals surface area contributed by atoms with Gasteiger partial charge in [0.25, 0.3) is 0 Å². The Hall–Kier alpha value is -2.15. The van der Waals surface area contributed by atoms with E-state index in [1.807, 2.05) is 0 Å². The highest BCUT2D eigenvalue weighted by Crippen LogP contribution is 2.33. The molecule has 24 heavy (non-hydrogen) atoms. The summed E-state index contributed by atoms with van der Waals surface area (Å²) in [5.41, 5.74) is -0.216. The molecule has 0 aliphatic rings. The first kappa shape index (κ1) is 18.2. The Kier molecular flexibility index (Phi) is 5.77. The molecule has 2 aromatic rings. The van der Waals surface area contributed by atoms with Crippen molar-refractivity contribution in [3.8, 4) is 5.75 Å². The van der Waals surface area contributed by atoms with Gasteiger partial charge in [-0.3, -0.25) is 4.79 Å². The van der Waals surface area contributed by atoms with Crippen molar-refractivity contribution in [1.29, 1.82) is 0 Å². The van der Waals surface area contributed by atoms with Gasteiger partial charge in [-0.1, -0.05) is 18.2 Å². The number of alkyl halides is 3. The molecule has 128 valence electrons. The van der Waals surface area contributed by atoms with Gasteiger partial charge in [-0.05, 0) is 37.3 Å². The fraction of sp³-hybridized carbons (Fsp3) is 0.235. The average molecular weight is 355 g/mol. The molecule has 0 saturated heterocycles. The number of ether oxygens (including phenoxy) is 1. The molecule has 3 nitrogen and oxygen atoms in total. The summed E-state index contributed by atoms with van der Waals surface area (Å²) in [6.45, 7) is 1.63. The van der Waals surface area contributed by atoms with E-state index in [0.29, 0.717) is 16.3 Å². The highest BCUT2D eigenvalue weighted by molar-refractivity contribution is 8.00. The van der Waals surface area contributed by atoms with Crippen LogP contribution in [0.1, 0.15) is 12.5 Å². The van der Waals surface area contributed by atoms with E-state index >= 15 is 0 Å². The van der Waals surface area contributed by atoms with Crippen molar-refractivity contribution in [1.82, 2.24) is 0 Å². The number of para-hydroxylation sites is 2. The summed E-state index contributed by atoms with van der Waals surface area (Å²) in [6.07, 6.45) is -4.40. The van der Waals surface area contributed by atoms with E-state index in [9.17, 15) is 18.0 Å². The van der Waals surface area contributed by atoms with Crippen LogP contribution in [0.3, 0.4) is 0 Å². The van der Waals surface area contributed by atoms with Crippen LogP contribution >= 0.6 is 11.8 Å². The number of nitrogens with one attached hydrogen (secondary N) is 1. The number of hydrogen-bond donors (Lipinski definition) is 1. The third-order valence-electron chi connectivity index (χ3n) is 3.21. The van der Waals surface area contributed by atoms with Crippen LogP contribution in [0.2, 0.25) is 0 Å². The van der Waals surface area contributed by atoms with E-state index < -0.39 is 17.0 Å². The number of methoxy groups -OCH3 is 1. The Bertz CT molecular complexity index is 719. The van der Waals surface area contributed by atoms with Gasteiger partial charge in [0, 0.05) is 4.90 Å². The molecule has 0 aromatic heterocycles. The van der Waals surface area contributed by atoms with Gasteiger partial charge in [-0.2, -0.15) is 13.2 Å². The molecule has 1 amide bonds. The minimum atomic E-state index is -4.40. The number of thioether (sulfide) groups is 1. The summed E-state index contributed by atoms with van der Waals surface area (Å²) in [5, 5.41) is 2.15. The minimum absolute atomic E-state index is 0.318. The molecule has 1 atom stereocenters. The lowest BCUT2D eigenvalue weighted by molar-refractivity contribution is -0.137. The summed E-state index contributed by atoms with van der Waals surface area (Å²) in [4.78, 5) is 12.6. The van der Waals surface area contributed by atoms with E-state index in [4.69, 9.17) is 4.74 Å². The average Bonchev–Trinajstić information content (AvgIpc) is 2.54. The van der Waals surface area contributed by atoms with Crippen LogP contribution < -0.4 is 10.1 Å². The smallest absolute Gasteiger partial charge is 0.416 e. The van der Waals surface area contributed by atoms with Gasteiger partial charge in [0.05, 0.1) is 23.6 Å². The number of carbonyl (C=O) groups excluding carboxylic acids is 1. The maximum absolute atomic E-state index is 12.7. The molecular formula is C17H16F3NO2S. The second kappa shape index (κ2) is 7.61. The van der Waals surface area contributed by atoms with Crippen LogP contribution in [-0.4, -0.2) is 18.3 Å². The standard InChI is InChI=1S/C17H16F3NO2S/c1-11(16(22)21-14-8-3-4-9-15(14)23-2)24-13-7-5-6-12(10-13)17(18,19)20/h3-11H,1-2H3,(H,21,22)/t11-/m1/s1. The summed E-state index contributed by atoms with van der Waals surface area (Å²) in [5.74, 6) is 0.198. The third-order valence-corrected chi connectivity index (χ3v) is 4.30. The largest absolute Gasteiger partial charge is 0.495 e. The van der Waals surface area contributed by atoms with E-state index in [1.54, 1.807) is 37.3 Å². The van der Waals surface area contributed by atoms with Crippen molar-refractivity contribution in [2.24, 2.45) is 0 Å². The molecule has 2 rings (SSSR count). The predicted octanol–water partition coefficient (Wildman–Crippen LogP) is 4.83. The second-order valence-electron chi connectivity index (χ2n) is 4.98. The van der Waals surface area contributed by atoms with Gasteiger partial charge in [-0.25, -0.2) is 0 Å². The van der Waals surface area contributed by atoms with Crippen LogP contribution in [0.5, 0.6) is 5.75 Å². The Labute approximate surface area is 142 Å². The molecule has 0 unspecified atom stereocenters. The number of benzene rings is 2. The Morgan fingerprint density at radius 2 is 1.88 bits per heavy atom. The monoisotopic (exact) mass is 355 g/mol. The number of anilines is 1. The lowest BCUT2D eigenvalue weighted by atomic mass is 10.2. The molecule has 0 aliphatic carbocycles. The van der Waals surface area contributed by atoms with Gasteiger partial charge in [-0.15, -0.1) is 11.8 Å². The first-order valence-electron chi connectivity index (χ1n) is 7.09. The SMILES string of the molecule is COc1ccccc1NC(=O)[C@@H](C)Sc1cccc(C(F)(F)F)c1. The molecule has 1 N–H and O–H groups in total. The van der Waals surface area contributed by atoms with Crippen LogP contribution in [0.15, 0.2) is 53.4 Å². The van der Waals surface area contributed by atoms with Crippen molar-refractivity contribution < 1.29 is 22.7 Å². The number of amides is 1. The molecule has 2 aromatic carbocycles. The van der Waals surface area contributed by atoms with Crippen LogP contribution in [-0.2, 0) is 11.0 Å². The zero-order valence-electron chi connectivity index (χ0n) is 13.1. The fourth-order valence-electron chi connectivity index (χ4n) is 1.99. The molecule has 0 spiro atoms. The second-order valence-corrected chi connectivity index (χ2v) is 6.39. The number of halogens is 3. The first-order valence-corrected chi connectivity index (χ1v) is 7.97. The van der Waals surface area contributed by atoms with Gasteiger partial charge in [0.15, 0.2) is 0 Å². The molecule has 0 aliphatic heterocycles. The fourth-order valence-corrected chi connectivity index (χ4v) is 2.91. The third kappa shape index (κ3) is 4.67. The molecular weight excluding hydrogens is 339 g/mol. The van der Waals surface area contributed by atoms with E-state index in [-0.39, 0.29) is 5.91 Å². The quantitative estimate of drug-likeness (QED) is 0.781. The molecule has 0 radical (unpaired) electrons. The highest BCUT2D eigenvalue weighted by Gasteiger charge is 2.30. The Morgan fingerprint density at radius 1 is 1.17 bits per heavy atom. The zero-order valence-corrected chi connectivity index (χ0v) is 13.9. The summed E-state index contributed by atoms with van der Waals surface area (Å²) in [7, 11) is 1.49. The highest BCUT2D eigenvalue weighted by atomic mass is 32.2. The van der Waals surface area contributed by atoms with Crippen molar-refractivity contribution in [2.75, 3.05) is 12.4 Å². The van der Waals surface area contributed by atoms with E-state index in [1.165, 1.54) is 13.2 Å². The van der Waals surface area contributed by atoms with Gasteiger partial charge in [0.1, 0.15) is 5.75 Å². The Morgan fingerprint density at radius 3 is 2.54 bits per heavy atom. The summed E-state index contributed by atoms with van der Waals surface area (Å²) >= 11 is 1.06. The van der Waals surface area contributed by atoms with Gasteiger partial charge in [0.2, 0.25) is 5.91 Å². The van der Waals surface area contributed by atoms with Crippen molar-refractivity contribution >= 4 is 23.4 Å². The number of hydrogen-bond acceptors (Lipinski definition) is 3. The summed E-state index contributed by atoms with van der Waals surface area (Å²) < 4.78 is 43.3. The predicted molar refractivity (Wildman–Crippen MR) is 88.4 cm³/mol. The summed E-state index contributed by atoms with van der Waals surface area (Å²) in [6, 6.07) is 11.8. The number of rotatable bonds is 5. The first-order chi connectivity index (χ1) is 11.3.